The van der Waals surface area contributed by atoms with Crippen molar-refractivity contribution < 1.29 is 23.0 Å². The van der Waals surface area contributed by atoms with Crippen LogP contribution in [0, 0.1) is 0 Å². The normalized spacial score (nSPS) is 11.4. The van der Waals surface area contributed by atoms with E-state index in [9.17, 15) is 13.2 Å². The molecule has 0 atom stereocenters. The molecule has 0 unspecified atom stereocenters. The number of ether oxygens (including phenoxy) is 1. The number of hydrazine groups is 1. The average molecular weight is 294 g/mol. The number of aliphatic hydroxyl groups excluding tert-OH is 1. The lowest BCUT2D eigenvalue weighted by molar-refractivity contribution is -0.137. The molecule has 20 heavy (non-hydrogen) atoms. The SMILES string of the molecule is NNc1cc(C(F)(F)F)cc(NCCCOCCO)n1. The zero-order valence-corrected chi connectivity index (χ0v) is 10.7. The van der Waals surface area contributed by atoms with Crippen molar-refractivity contribution in [1.82, 2.24) is 4.98 Å². The first-order chi connectivity index (χ1) is 9.47. The summed E-state index contributed by atoms with van der Waals surface area (Å²) < 4.78 is 43.0. The second-order valence-corrected chi connectivity index (χ2v) is 3.88. The highest BCUT2D eigenvalue weighted by Gasteiger charge is 2.31. The molecule has 0 aliphatic rings. The third kappa shape index (κ3) is 5.59. The molecule has 0 fully saturated rings. The molecule has 0 spiro atoms. The van der Waals surface area contributed by atoms with Crippen molar-refractivity contribution in [3.8, 4) is 0 Å². The molecule has 1 heterocycles. The molecule has 1 aromatic heterocycles. The molecule has 0 bridgehead atoms. The smallest absolute Gasteiger partial charge is 0.394 e. The van der Waals surface area contributed by atoms with Crippen LogP contribution in [0.4, 0.5) is 24.8 Å². The minimum atomic E-state index is -4.46. The quantitative estimate of drug-likeness (QED) is 0.327. The summed E-state index contributed by atoms with van der Waals surface area (Å²) in [5, 5.41) is 11.2. The lowest BCUT2D eigenvalue weighted by Crippen LogP contribution is -2.14. The summed E-state index contributed by atoms with van der Waals surface area (Å²) >= 11 is 0. The van der Waals surface area contributed by atoms with Gasteiger partial charge in [0.2, 0.25) is 0 Å². The van der Waals surface area contributed by atoms with Gasteiger partial charge < -0.3 is 20.6 Å². The van der Waals surface area contributed by atoms with Gasteiger partial charge in [-0.05, 0) is 18.6 Å². The fourth-order valence-corrected chi connectivity index (χ4v) is 1.42. The number of alkyl halides is 3. The largest absolute Gasteiger partial charge is 0.416 e. The molecule has 114 valence electrons. The van der Waals surface area contributed by atoms with Crippen molar-refractivity contribution >= 4 is 11.6 Å². The molecule has 9 heteroatoms. The minimum absolute atomic E-state index is 0.0614. The van der Waals surface area contributed by atoms with Crippen molar-refractivity contribution in [2.24, 2.45) is 5.84 Å². The Morgan fingerprint density at radius 2 is 1.95 bits per heavy atom. The second kappa shape index (κ2) is 7.88. The van der Waals surface area contributed by atoms with Crippen molar-refractivity contribution in [1.29, 1.82) is 0 Å². The van der Waals surface area contributed by atoms with Gasteiger partial charge in [-0.25, -0.2) is 10.8 Å². The Morgan fingerprint density at radius 1 is 1.25 bits per heavy atom. The summed E-state index contributed by atoms with van der Waals surface area (Å²) in [5.41, 5.74) is 1.26. The summed E-state index contributed by atoms with van der Waals surface area (Å²) in [7, 11) is 0. The van der Waals surface area contributed by atoms with Crippen LogP contribution in [0.15, 0.2) is 12.1 Å². The highest BCUT2D eigenvalue weighted by molar-refractivity contribution is 5.49. The van der Waals surface area contributed by atoms with Crippen LogP contribution in [0.2, 0.25) is 0 Å². The molecule has 6 nitrogen and oxygen atoms in total. The number of anilines is 2. The monoisotopic (exact) mass is 294 g/mol. The van der Waals surface area contributed by atoms with Crippen LogP contribution in [-0.2, 0) is 10.9 Å². The Labute approximate surface area is 114 Å². The number of pyridine rings is 1. The van der Waals surface area contributed by atoms with Crippen LogP contribution in [0.25, 0.3) is 0 Å². The molecule has 5 N–H and O–H groups in total. The molecule has 1 rings (SSSR count). The maximum Gasteiger partial charge on any atom is 0.416 e. The predicted octanol–water partition coefficient (Wildman–Crippen LogP) is 1.20. The van der Waals surface area contributed by atoms with Gasteiger partial charge in [-0.15, -0.1) is 0 Å². The fraction of sp³-hybridized carbons (Fsp3) is 0.545. The van der Waals surface area contributed by atoms with Crippen molar-refractivity contribution in [2.75, 3.05) is 37.1 Å². The zero-order chi connectivity index (χ0) is 15.0. The Kier molecular flexibility index (Phi) is 6.49. The van der Waals surface area contributed by atoms with E-state index in [1.807, 2.05) is 0 Å². The van der Waals surface area contributed by atoms with E-state index in [-0.39, 0.29) is 24.8 Å². The summed E-state index contributed by atoms with van der Waals surface area (Å²) in [6.45, 7) is 0.968. The van der Waals surface area contributed by atoms with E-state index < -0.39 is 11.7 Å². The average Bonchev–Trinajstić information content (AvgIpc) is 2.41. The number of nitrogens with zero attached hydrogens (tertiary/aromatic N) is 1. The minimum Gasteiger partial charge on any atom is -0.394 e. The molecule has 0 radical (unpaired) electrons. The topological polar surface area (TPSA) is 92.4 Å². The third-order valence-corrected chi connectivity index (χ3v) is 2.31. The van der Waals surface area contributed by atoms with Gasteiger partial charge in [-0.2, -0.15) is 13.2 Å². The van der Waals surface area contributed by atoms with Crippen LogP contribution >= 0.6 is 0 Å². The maximum atomic E-state index is 12.6. The lowest BCUT2D eigenvalue weighted by Gasteiger charge is -2.12. The van der Waals surface area contributed by atoms with Gasteiger partial charge in [0.05, 0.1) is 18.8 Å². The zero-order valence-electron chi connectivity index (χ0n) is 10.7. The number of hydrogen-bond donors (Lipinski definition) is 4. The van der Waals surface area contributed by atoms with E-state index in [0.29, 0.717) is 19.6 Å². The Balaban J connectivity index is 2.56. The number of nitrogens with one attached hydrogen (secondary N) is 2. The number of nitrogens with two attached hydrogens (primary N) is 1. The number of hydrogen-bond acceptors (Lipinski definition) is 6. The number of halogens is 3. The molecule has 0 amide bonds. The maximum absolute atomic E-state index is 12.6. The molecule has 0 saturated carbocycles. The Hall–Kier alpha value is -1.58. The Morgan fingerprint density at radius 3 is 2.55 bits per heavy atom. The highest BCUT2D eigenvalue weighted by atomic mass is 19.4. The van der Waals surface area contributed by atoms with E-state index in [1.165, 1.54) is 0 Å². The van der Waals surface area contributed by atoms with Gasteiger partial charge in [0, 0.05) is 13.2 Å². The first-order valence-electron chi connectivity index (χ1n) is 5.95. The molecule has 0 aromatic carbocycles. The standard InChI is InChI=1S/C11H17F3N4O2/c12-11(13,14)8-6-9(17-10(7-8)18-15)16-2-1-4-20-5-3-19/h6-7,19H,1-5,15H2,(H2,16,17,18). The van der Waals surface area contributed by atoms with Crippen molar-refractivity contribution in [3.63, 3.8) is 0 Å². The van der Waals surface area contributed by atoms with Crippen LogP contribution in [0.1, 0.15) is 12.0 Å². The van der Waals surface area contributed by atoms with Gasteiger partial charge in [0.1, 0.15) is 11.6 Å². The molecule has 0 aliphatic carbocycles. The van der Waals surface area contributed by atoms with Crippen LogP contribution in [0.3, 0.4) is 0 Å². The predicted molar refractivity (Wildman–Crippen MR) is 68.1 cm³/mol. The third-order valence-electron chi connectivity index (χ3n) is 2.31. The molecular formula is C11H17F3N4O2. The Bertz CT molecular complexity index is 415. The van der Waals surface area contributed by atoms with Gasteiger partial charge in [-0.3, -0.25) is 0 Å². The first kappa shape index (κ1) is 16.5. The number of aliphatic hydroxyl groups is 1. The molecule has 0 saturated heterocycles. The van der Waals surface area contributed by atoms with Gasteiger partial charge >= 0.3 is 6.18 Å². The molecule has 0 aliphatic heterocycles. The molecule has 1 aromatic rings. The van der Waals surface area contributed by atoms with Crippen molar-refractivity contribution in [3.05, 3.63) is 17.7 Å². The molecular weight excluding hydrogens is 277 g/mol. The van der Waals surface area contributed by atoms with Gasteiger partial charge in [0.15, 0.2) is 0 Å². The second-order valence-electron chi connectivity index (χ2n) is 3.88. The number of rotatable bonds is 8. The van der Waals surface area contributed by atoms with Crippen molar-refractivity contribution in [2.45, 2.75) is 12.6 Å². The number of aromatic nitrogens is 1. The summed E-state index contributed by atoms with van der Waals surface area (Å²) in [4.78, 5) is 3.87. The lowest BCUT2D eigenvalue weighted by atomic mass is 10.2. The van der Waals surface area contributed by atoms with Crippen LogP contribution < -0.4 is 16.6 Å². The summed E-state index contributed by atoms with van der Waals surface area (Å²) in [5.74, 6) is 5.10. The van der Waals surface area contributed by atoms with E-state index >= 15 is 0 Å². The fourth-order valence-electron chi connectivity index (χ4n) is 1.42. The van der Waals surface area contributed by atoms with Crippen LogP contribution in [-0.4, -0.2) is 36.5 Å². The van der Waals surface area contributed by atoms with Crippen LogP contribution in [0.5, 0.6) is 0 Å². The van der Waals surface area contributed by atoms with E-state index in [0.717, 1.165) is 12.1 Å². The first-order valence-corrected chi connectivity index (χ1v) is 5.95. The summed E-state index contributed by atoms with van der Waals surface area (Å²) in [6, 6.07) is 1.74. The highest BCUT2D eigenvalue weighted by Crippen LogP contribution is 2.31. The van der Waals surface area contributed by atoms with E-state index in [1.54, 1.807) is 0 Å². The summed E-state index contributed by atoms with van der Waals surface area (Å²) in [6.07, 6.45) is -3.89. The number of nitrogen functional groups attached to an aromatic ring is 1. The van der Waals surface area contributed by atoms with Gasteiger partial charge in [-0.1, -0.05) is 0 Å². The van der Waals surface area contributed by atoms with E-state index in [2.05, 4.69) is 15.7 Å². The van der Waals surface area contributed by atoms with Gasteiger partial charge in [0.25, 0.3) is 0 Å². The van der Waals surface area contributed by atoms with E-state index in [4.69, 9.17) is 15.7 Å².